The summed E-state index contributed by atoms with van der Waals surface area (Å²) in [7, 11) is -3.55. The second-order valence-corrected chi connectivity index (χ2v) is 7.81. The molecule has 0 aromatic heterocycles. The summed E-state index contributed by atoms with van der Waals surface area (Å²) in [6, 6.07) is 15.6. The predicted octanol–water partition coefficient (Wildman–Crippen LogP) is 2.05. The molecule has 0 bridgehead atoms. The summed E-state index contributed by atoms with van der Waals surface area (Å²) in [6.07, 6.45) is 1.07. The van der Waals surface area contributed by atoms with Gasteiger partial charge in [-0.3, -0.25) is 9.59 Å². The van der Waals surface area contributed by atoms with Crippen molar-refractivity contribution in [2.24, 2.45) is 0 Å². The van der Waals surface area contributed by atoms with E-state index >= 15 is 0 Å². The number of benzene rings is 2. The number of sulfonamides is 1. The number of carbonyl (C=O) groups is 2. The van der Waals surface area contributed by atoms with Crippen LogP contribution in [0.4, 0.5) is 11.4 Å². The van der Waals surface area contributed by atoms with Crippen LogP contribution >= 0.6 is 0 Å². The van der Waals surface area contributed by atoms with Crippen molar-refractivity contribution in [3.8, 4) is 0 Å². The molecule has 0 atom stereocenters. The van der Waals surface area contributed by atoms with Crippen molar-refractivity contribution in [1.29, 1.82) is 0 Å². The summed E-state index contributed by atoms with van der Waals surface area (Å²) in [5.41, 5.74) is 1.92. The Morgan fingerprint density at radius 2 is 1.46 bits per heavy atom. The van der Waals surface area contributed by atoms with Gasteiger partial charge in [0.25, 0.3) is 0 Å². The molecular formula is C18H21N3O4S. The van der Waals surface area contributed by atoms with Crippen molar-refractivity contribution >= 4 is 33.2 Å². The van der Waals surface area contributed by atoms with Crippen LogP contribution in [0, 0.1) is 0 Å². The molecule has 0 heterocycles. The molecule has 0 radical (unpaired) electrons. The van der Waals surface area contributed by atoms with Crippen LogP contribution < -0.4 is 10.6 Å². The number of carbonyl (C=O) groups excluding carboxylic acids is 2. The maximum absolute atomic E-state index is 12.2. The molecule has 0 saturated carbocycles. The smallest absolute Gasteiger partial charge is 0.239 e. The molecule has 2 N–H and O–H groups in total. The minimum Gasteiger partial charge on any atom is -0.326 e. The lowest BCUT2D eigenvalue weighted by Gasteiger charge is -2.19. The molecule has 0 aliphatic carbocycles. The van der Waals surface area contributed by atoms with Crippen LogP contribution in [-0.2, 0) is 26.2 Å². The molecule has 2 aromatic rings. The van der Waals surface area contributed by atoms with Crippen molar-refractivity contribution in [2.75, 3.05) is 23.4 Å². The summed E-state index contributed by atoms with van der Waals surface area (Å²) < 4.78 is 25.1. The van der Waals surface area contributed by atoms with E-state index in [1.165, 1.54) is 6.92 Å². The minimum absolute atomic E-state index is 0.120. The van der Waals surface area contributed by atoms with E-state index in [4.69, 9.17) is 0 Å². The van der Waals surface area contributed by atoms with E-state index in [-0.39, 0.29) is 19.0 Å². The monoisotopic (exact) mass is 375 g/mol. The highest BCUT2D eigenvalue weighted by atomic mass is 32.2. The van der Waals surface area contributed by atoms with Gasteiger partial charge in [-0.15, -0.1) is 0 Å². The first-order chi connectivity index (χ1) is 12.2. The molecule has 2 rings (SSSR count). The molecule has 0 fully saturated rings. The van der Waals surface area contributed by atoms with Gasteiger partial charge >= 0.3 is 0 Å². The number of rotatable bonds is 7. The standard InChI is InChI=1S/C18H21N3O4S/c1-14(22)19-16-8-10-17(11-9-16)20-18(23)13-21(26(2,24)25)12-15-6-4-3-5-7-15/h3-11H,12-13H2,1-2H3,(H,19,22)(H,20,23). The number of amides is 2. The molecule has 2 aromatic carbocycles. The first kappa shape index (κ1) is 19.6. The van der Waals surface area contributed by atoms with Gasteiger partial charge in [-0.25, -0.2) is 8.42 Å². The van der Waals surface area contributed by atoms with Gasteiger partial charge in [-0.2, -0.15) is 4.31 Å². The van der Waals surface area contributed by atoms with E-state index in [1.54, 1.807) is 36.4 Å². The van der Waals surface area contributed by atoms with Crippen LogP contribution in [0.3, 0.4) is 0 Å². The molecule has 0 spiro atoms. The topological polar surface area (TPSA) is 95.6 Å². The fourth-order valence-corrected chi connectivity index (χ4v) is 3.01. The zero-order valence-electron chi connectivity index (χ0n) is 14.6. The predicted molar refractivity (Wildman–Crippen MR) is 101 cm³/mol. The van der Waals surface area contributed by atoms with E-state index in [2.05, 4.69) is 10.6 Å². The highest BCUT2D eigenvalue weighted by Gasteiger charge is 2.20. The van der Waals surface area contributed by atoms with Gasteiger partial charge in [0.2, 0.25) is 21.8 Å². The lowest BCUT2D eigenvalue weighted by Crippen LogP contribution is -2.36. The Morgan fingerprint density at radius 1 is 0.923 bits per heavy atom. The van der Waals surface area contributed by atoms with E-state index in [0.717, 1.165) is 16.1 Å². The van der Waals surface area contributed by atoms with Gasteiger partial charge < -0.3 is 10.6 Å². The average Bonchev–Trinajstić information content (AvgIpc) is 2.56. The van der Waals surface area contributed by atoms with Gasteiger partial charge in [0.1, 0.15) is 0 Å². The Kier molecular flexibility index (Phi) is 6.48. The van der Waals surface area contributed by atoms with Crippen LogP contribution in [-0.4, -0.2) is 37.3 Å². The van der Waals surface area contributed by atoms with Gasteiger partial charge in [-0.1, -0.05) is 30.3 Å². The van der Waals surface area contributed by atoms with Gasteiger partial charge in [0.05, 0.1) is 12.8 Å². The van der Waals surface area contributed by atoms with Crippen molar-refractivity contribution in [3.05, 3.63) is 60.2 Å². The first-order valence-electron chi connectivity index (χ1n) is 7.90. The number of anilines is 2. The average molecular weight is 375 g/mol. The number of hydrogen-bond donors (Lipinski definition) is 2. The summed E-state index contributed by atoms with van der Waals surface area (Å²) in [4.78, 5) is 23.2. The van der Waals surface area contributed by atoms with Crippen LogP contribution in [0.1, 0.15) is 12.5 Å². The van der Waals surface area contributed by atoms with E-state index in [0.29, 0.717) is 11.4 Å². The molecule has 0 aliphatic rings. The maximum Gasteiger partial charge on any atom is 0.239 e. The van der Waals surface area contributed by atoms with Gasteiger partial charge in [-0.05, 0) is 29.8 Å². The van der Waals surface area contributed by atoms with E-state index in [1.807, 2.05) is 18.2 Å². The van der Waals surface area contributed by atoms with E-state index in [9.17, 15) is 18.0 Å². The van der Waals surface area contributed by atoms with Gasteiger partial charge in [0, 0.05) is 24.8 Å². The highest BCUT2D eigenvalue weighted by molar-refractivity contribution is 7.88. The normalized spacial score (nSPS) is 11.2. The summed E-state index contributed by atoms with van der Waals surface area (Å²) in [5, 5.41) is 5.28. The van der Waals surface area contributed by atoms with Crippen molar-refractivity contribution < 1.29 is 18.0 Å². The van der Waals surface area contributed by atoms with Crippen LogP contribution in [0.2, 0.25) is 0 Å². The molecule has 8 heteroatoms. The fraction of sp³-hybridized carbons (Fsp3) is 0.222. The second-order valence-electron chi connectivity index (χ2n) is 5.82. The lowest BCUT2D eigenvalue weighted by atomic mass is 10.2. The Labute approximate surface area is 153 Å². The summed E-state index contributed by atoms with van der Waals surface area (Å²) >= 11 is 0. The number of nitrogens with one attached hydrogen (secondary N) is 2. The lowest BCUT2D eigenvalue weighted by molar-refractivity contribution is -0.116. The molecular weight excluding hydrogens is 354 g/mol. The quantitative estimate of drug-likeness (QED) is 0.774. The Bertz CT molecular complexity index is 865. The van der Waals surface area contributed by atoms with Crippen molar-refractivity contribution in [2.45, 2.75) is 13.5 Å². The van der Waals surface area contributed by atoms with Gasteiger partial charge in [0.15, 0.2) is 0 Å². The zero-order chi connectivity index (χ0) is 19.2. The van der Waals surface area contributed by atoms with Crippen molar-refractivity contribution in [1.82, 2.24) is 4.31 Å². The Hall–Kier alpha value is -2.71. The third kappa shape index (κ3) is 6.30. The molecule has 0 unspecified atom stereocenters. The largest absolute Gasteiger partial charge is 0.326 e. The van der Waals surface area contributed by atoms with Crippen LogP contribution in [0.15, 0.2) is 54.6 Å². The van der Waals surface area contributed by atoms with Crippen LogP contribution in [0.25, 0.3) is 0 Å². The maximum atomic E-state index is 12.2. The summed E-state index contributed by atoms with van der Waals surface area (Å²) in [5.74, 6) is -0.634. The molecule has 0 aliphatic heterocycles. The molecule has 7 nitrogen and oxygen atoms in total. The molecule has 26 heavy (non-hydrogen) atoms. The Balaban J connectivity index is 2.02. The fourth-order valence-electron chi connectivity index (χ4n) is 2.28. The molecule has 2 amide bonds. The third-order valence-corrected chi connectivity index (χ3v) is 4.68. The SMILES string of the molecule is CC(=O)Nc1ccc(NC(=O)CN(Cc2ccccc2)S(C)(=O)=O)cc1. The highest BCUT2D eigenvalue weighted by Crippen LogP contribution is 2.14. The minimum atomic E-state index is -3.55. The van der Waals surface area contributed by atoms with E-state index < -0.39 is 15.9 Å². The third-order valence-electron chi connectivity index (χ3n) is 3.48. The van der Waals surface area contributed by atoms with Crippen LogP contribution in [0.5, 0.6) is 0 Å². The van der Waals surface area contributed by atoms with Crippen molar-refractivity contribution in [3.63, 3.8) is 0 Å². The second kappa shape index (κ2) is 8.59. The molecule has 138 valence electrons. The number of hydrogen-bond acceptors (Lipinski definition) is 4. The zero-order valence-corrected chi connectivity index (χ0v) is 15.4. The number of nitrogens with zero attached hydrogens (tertiary/aromatic N) is 1. The first-order valence-corrected chi connectivity index (χ1v) is 9.75. The Morgan fingerprint density at radius 3 is 1.96 bits per heavy atom. The summed E-state index contributed by atoms with van der Waals surface area (Å²) in [6.45, 7) is 1.23. The molecule has 0 saturated heterocycles.